The Labute approximate surface area is 207 Å². The van der Waals surface area contributed by atoms with E-state index < -0.39 is 11.9 Å². The number of benzene rings is 2. The van der Waals surface area contributed by atoms with Crippen molar-refractivity contribution in [2.75, 3.05) is 0 Å². The molecule has 2 aromatic carbocycles. The van der Waals surface area contributed by atoms with Gasteiger partial charge in [-0.15, -0.1) is 0 Å². The molecule has 3 aromatic rings. The number of ether oxygens (including phenoxy) is 1. The highest BCUT2D eigenvalue weighted by Gasteiger charge is 2.23. The number of aromatic nitrogens is 2. The molecule has 35 heavy (non-hydrogen) atoms. The summed E-state index contributed by atoms with van der Waals surface area (Å²) in [6.07, 6.45) is 4.52. The highest BCUT2D eigenvalue weighted by molar-refractivity contribution is 6.00. The molecule has 2 N–H and O–H groups in total. The summed E-state index contributed by atoms with van der Waals surface area (Å²) < 4.78 is 6.37. The van der Waals surface area contributed by atoms with E-state index in [-0.39, 0.29) is 12.2 Å². The Morgan fingerprint density at radius 1 is 0.971 bits per heavy atom. The van der Waals surface area contributed by atoms with E-state index in [1.54, 1.807) is 13.1 Å². The molecule has 3 rings (SSSR count). The van der Waals surface area contributed by atoms with Crippen LogP contribution < -0.4 is 4.74 Å². The lowest BCUT2D eigenvalue weighted by Gasteiger charge is -2.19. The first kappa shape index (κ1) is 26.0. The Morgan fingerprint density at radius 2 is 1.60 bits per heavy atom. The minimum Gasteiger partial charge on any atom is -0.481 e. The van der Waals surface area contributed by atoms with Crippen LogP contribution in [0.5, 0.6) is 5.75 Å². The first-order valence-electron chi connectivity index (χ1n) is 12.0. The van der Waals surface area contributed by atoms with E-state index >= 15 is 0 Å². The minimum absolute atomic E-state index is 0.106. The summed E-state index contributed by atoms with van der Waals surface area (Å²) in [5.41, 5.74) is 4.57. The zero-order chi connectivity index (χ0) is 25.4. The van der Waals surface area contributed by atoms with Gasteiger partial charge in [-0.2, -0.15) is 5.10 Å². The Hall–Kier alpha value is -3.61. The third-order valence-electron chi connectivity index (χ3n) is 5.58. The molecule has 0 amide bonds. The highest BCUT2D eigenvalue weighted by atomic mass is 16.6. The van der Waals surface area contributed by atoms with Crippen molar-refractivity contribution in [1.29, 1.82) is 0 Å². The second-order valence-corrected chi connectivity index (χ2v) is 9.49. The Kier molecular flexibility index (Phi) is 9.06. The summed E-state index contributed by atoms with van der Waals surface area (Å²) in [4.78, 5) is 17.0. The molecule has 0 radical (unpaired) electrons. The van der Waals surface area contributed by atoms with Crippen LogP contribution >= 0.6 is 0 Å². The second kappa shape index (κ2) is 12.2. The first-order chi connectivity index (χ1) is 16.7. The SMILES string of the molecule is CC(=NOC(C)C)C(Cc1ccc(OC(c2ccc(CC(C)C)cc2)c2cn[nH]c2)cc1)C(=O)O. The molecule has 2 atom stereocenters. The van der Waals surface area contributed by atoms with Crippen LogP contribution in [-0.2, 0) is 22.5 Å². The van der Waals surface area contributed by atoms with Crippen molar-refractivity contribution in [3.05, 3.63) is 83.2 Å². The summed E-state index contributed by atoms with van der Waals surface area (Å²) in [5, 5.41) is 20.6. The van der Waals surface area contributed by atoms with Crippen LogP contribution in [-0.4, -0.2) is 33.1 Å². The highest BCUT2D eigenvalue weighted by Crippen LogP contribution is 2.29. The van der Waals surface area contributed by atoms with E-state index in [1.807, 2.05) is 44.3 Å². The van der Waals surface area contributed by atoms with Crippen LogP contribution in [0.3, 0.4) is 0 Å². The smallest absolute Gasteiger partial charge is 0.312 e. The molecule has 0 saturated heterocycles. The van der Waals surface area contributed by atoms with Gasteiger partial charge in [0.25, 0.3) is 0 Å². The molecule has 7 nitrogen and oxygen atoms in total. The Balaban J connectivity index is 1.75. The van der Waals surface area contributed by atoms with Gasteiger partial charge >= 0.3 is 5.97 Å². The Morgan fingerprint density at radius 3 is 2.14 bits per heavy atom. The number of aliphatic carboxylic acids is 1. The maximum Gasteiger partial charge on any atom is 0.312 e. The molecule has 7 heteroatoms. The van der Waals surface area contributed by atoms with Crippen molar-refractivity contribution in [3.8, 4) is 5.75 Å². The standard InChI is InChI=1S/C28H35N3O4/c1-18(2)14-21-6-10-23(11-7-21)27(24-16-29-30-17-24)34-25-12-8-22(9-13-25)15-26(28(32)33)20(5)31-35-19(3)4/h6-13,16-19,26-27H,14-15H2,1-5H3,(H,29,30)(H,32,33). The van der Waals surface area contributed by atoms with Gasteiger partial charge in [0.05, 0.1) is 11.9 Å². The molecular weight excluding hydrogens is 442 g/mol. The van der Waals surface area contributed by atoms with Crippen LogP contribution in [0.2, 0.25) is 0 Å². The van der Waals surface area contributed by atoms with E-state index in [1.165, 1.54) is 5.56 Å². The third kappa shape index (κ3) is 7.70. The van der Waals surface area contributed by atoms with Gasteiger partial charge in [0.15, 0.2) is 6.10 Å². The minimum atomic E-state index is -0.931. The predicted octanol–water partition coefficient (Wildman–Crippen LogP) is 5.82. The van der Waals surface area contributed by atoms with Gasteiger partial charge in [-0.05, 0) is 68.4 Å². The molecule has 0 aliphatic rings. The fourth-order valence-electron chi connectivity index (χ4n) is 3.77. The molecular formula is C28H35N3O4. The van der Waals surface area contributed by atoms with Gasteiger partial charge in [0.1, 0.15) is 17.8 Å². The van der Waals surface area contributed by atoms with Gasteiger partial charge in [-0.25, -0.2) is 0 Å². The van der Waals surface area contributed by atoms with Crippen LogP contribution in [0, 0.1) is 11.8 Å². The van der Waals surface area contributed by atoms with E-state index in [2.05, 4.69) is 53.5 Å². The summed E-state index contributed by atoms with van der Waals surface area (Å²) in [6, 6.07) is 16.0. The molecule has 0 fully saturated rings. The number of rotatable bonds is 12. The molecule has 0 aliphatic carbocycles. The zero-order valence-electron chi connectivity index (χ0n) is 21.1. The normalized spacial score (nSPS) is 13.6. The Bertz CT molecular complexity index is 1090. The summed E-state index contributed by atoms with van der Waals surface area (Å²) in [6.45, 7) is 9.80. The number of carbonyl (C=O) groups is 1. The van der Waals surface area contributed by atoms with Crippen molar-refractivity contribution in [3.63, 3.8) is 0 Å². The van der Waals surface area contributed by atoms with Gasteiger partial charge in [-0.1, -0.05) is 55.4 Å². The van der Waals surface area contributed by atoms with E-state index in [0.717, 1.165) is 23.1 Å². The molecule has 0 saturated carbocycles. The van der Waals surface area contributed by atoms with Crippen LogP contribution in [0.25, 0.3) is 0 Å². The molecule has 2 unspecified atom stereocenters. The number of nitrogens with one attached hydrogen (secondary N) is 1. The number of H-pyrrole nitrogens is 1. The second-order valence-electron chi connectivity index (χ2n) is 9.49. The average molecular weight is 478 g/mol. The maximum absolute atomic E-state index is 11.8. The molecule has 0 bridgehead atoms. The lowest BCUT2D eigenvalue weighted by Crippen LogP contribution is -2.24. The van der Waals surface area contributed by atoms with Crippen molar-refractivity contribution < 1.29 is 19.5 Å². The van der Waals surface area contributed by atoms with Crippen LogP contribution in [0.1, 0.15) is 63.0 Å². The van der Waals surface area contributed by atoms with Gasteiger partial charge < -0.3 is 14.7 Å². The van der Waals surface area contributed by atoms with Crippen LogP contribution in [0.4, 0.5) is 0 Å². The quantitative estimate of drug-likeness (QED) is 0.253. The summed E-state index contributed by atoms with van der Waals surface area (Å²) in [5.74, 6) is -0.408. The zero-order valence-corrected chi connectivity index (χ0v) is 21.1. The molecule has 1 aromatic heterocycles. The number of nitrogens with zero attached hydrogens (tertiary/aromatic N) is 2. The van der Waals surface area contributed by atoms with E-state index in [9.17, 15) is 9.90 Å². The predicted molar refractivity (Wildman–Crippen MR) is 137 cm³/mol. The van der Waals surface area contributed by atoms with Gasteiger partial charge in [0, 0.05) is 11.8 Å². The van der Waals surface area contributed by atoms with Crippen molar-refractivity contribution in [1.82, 2.24) is 10.2 Å². The number of oxime groups is 1. The maximum atomic E-state index is 11.8. The number of hydrogen-bond donors (Lipinski definition) is 2. The molecule has 0 aliphatic heterocycles. The monoisotopic (exact) mass is 477 g/mol. The van der Waals surface area contributed by atoms with Gasteiger partial charge in [-0.3, -0.25) is 9.89 Å². The summed E-state index contributed by atoms with van der Waals surface area (Å²) in [7, 11) is 0. The largest absolute Gasteiger partial charge is 0.481 e. The van der Waals surface area contributed by atoms with Crippen LogP contribution in [0.15, 0.2) is 66.1 Å². The number of carboxylic acids is 1. The topological polar surface area (TPSA) is 96.8 Å². The van der Waals surface area contributed by atoms with Crippen molar-refractivity contribution in [2.45, 2.75) is 59.7 Å². The van der Waals surface area contributed by atoms with E-state index in [0.29, 0.717) is 23.8 Å². The summed E-state index contributed by atoms with van der Waals surface area (Å²) >= 11 is 0. The number of hydrogen-bond acceptors (Lipinski definition) is 5. The molecule has 0 spiro atoms. The number of carboxylic acid groups (broad SMARTS) is 1. The molecule has 186 valence electrons. The van der Waals surface area contributed by atoms with E-state index in [4.69, 9.17) is 9.57 Å². The van der Waals surface area contributed by atoms with Crippen molar-refractivity contribution in [2.24, 2.45) is 17.0 Å². The lowest BCUT2D eigenvalue weighted by atomic mass is 9.95. The van der Waals surface area contributed by atoms with Gasteiger partial charge in [0.2, 0.25) is 0 Å². The third-order valence-corrected chi connectivity index (χ3v) is 5.58. The van der Waals surface area contributed by atoms with Crippen molar-refractivity contribution >= 4 is 11.7 Å². The molecule has 1 heterocycles. The fraction of sp³-hybridized carbons (Fsp3) is 0.393. The average Bonchev–Trinajstić information content (AvgIpc) is 3.35. The first-order valence-corrected chi connectivity index (χ1v) is 12.0. The number of aromatic amines is 1. The fourth-order valence-corrected chi connectivity index (χ4v) is 3.77. The lowest BCUT2D eigenvalue weighted by molar-refractivity contribution is -0.139.